The monoisotopic (exact) mass is 263 g/mol. The van der Waals surface area contributed by atoms with E-state index in [2.05, 4.69) is 0 Å². The van der Waals surface area contributed by atoms with Gasteiger partial charge in [-0.1, -0.05) is 12.1 Å². The van der Waals surface area contributed by atoms with Gasteiger partial charge in [0, 0.05) is 11.9 Å². The number of fused-ring (bicyclic) bond motifs is 1. The molecule has 19 heavy (non-hydrogen) atoms. The van der Waals surface area contributed by atoms with Gasteiger partial charge in [-0.25, -0.2) is 4.39 Å². The zero-order chi connectivity index (χ0) is 13.4. The number of halogens is 1. The maximum absolute atomic E-state index is 13.5. The molecule has 1 aromatic heterocycles. The molecule has 0 saturated carbocycles. The lowest BCUT2D eigenvalue weighted by Crippen LogP contribution is -2.24. The molecule has 2 N–H and O–H groups in total. The third-order valence-corrected chi connectivity index (χ3v) is 3.40. The molecule has 5 heteroatoms. The van der Waals surface area contributed by atoms with Crippen LogP contribution in [0.2, 0.25) is 0 Å². The molecular formula is C14H14FNO3. The van der Waals surface area contributed by atoms with Crippen molar-refractivity contribution in [3.05, 3.63) is 35.8 Å². The molecule has 100 valence electrons. The normalized spacial score (nSPS) is 23.1. The molecule has 1 aliphatic heterocycles. The van der Waals surface area contributed by atoms with E-state index in [1.807, 2.05) is 0 Å². The zero-order valence-electron chi connectivity index (χ0n) is 10.3. The van der Waals surface area contributed by atoms with Gasteiger partial charge in [-0.2, -0.15) is 0 Å². The molecule has 2 aromatic rings. The van der Waals surface area contributed by atoms with Crippen molar-refractivity contribution in [3.8, 4) is 0 Å². The van der Waals surface area contributed by atoms with Gasteiger partial charge in [0.25, 0.3) is 0 Å². The Balaban J connectivity index is 1.88. The standard InChI is InChI=1S/C14H14FNO3/c15-10-3-1-2-8-6-12(19-14(8)10)13(17)11-5-4-9(7-16)18-11/h1-3,6,9,11H,4-5,7,16H2. The van der Waals surface area contributed by atoms with Crippen molar-refractivity contribution in [2.24, 2.45) is 5.73 Å². The highest BCUT2D eigenvalue weighted by Crippen LogP contribution is 2.27. The summed E-state index contributed by atoms with van der Waals surface area (Å²) in [7, 11) is 0. The number of furan rings is 1. The fraction of sp³-hybridized carbons (Fsp3) is 0.357. The second kappa shape index (κ2) is 4.75. The van der Waals surface area contributed by atoms with Gasteiger partial charge in [-0.05, 0) is 25.0 Å². The van der Waals surface area contributed by atoms with E-state index in [0.29, 0.717) is 18.4 Å². The van der Waals surface area contributed by atoms with Crippen LogP contribution in [-0.2, 0) is 4.74 Å². The van der Waals surface area contributed by atoms with E-state index in [9.17, 15) is 9.18 Å². The lowest BCUT2D eigenvalue weighted by molar-refractivity contribution is 0.0384. The Labute approximate surface area is 109 Å². The van der Waals surface area contributed by atoms with Gasteiger partial charge in [0.1, 0.15) is 6.10 Å². The summed E-state index contributed by atoms with van der Waals surface area (Å²) in [4.78, 5) is 12.2. The Kier molecular flexibility index (Phi) is 3.08. The van der Waals surface area contributed by atoms with E-state index in [1.165, 1.54) is 6.07 Å². The quantitative estimate of drug-likeness (QED) is 0.863. The van der Waals surface area contributed by atoms with Gasteiger partial charge in [0.2, 0.25) is 5.78 Å². The van der Waals surface area contributed by atoms with Crippen molar-refractivity contribution in [3.63, 3.8) is 0 Å². The molecular weight excluding hydrogens is 249 g/mol. The van der Waals surface area contributed by atoms with Gasteiger partial charge < -0.3 is 14.9 Å². The highest BCUT2D eigenvalue weighted by atomic mass is 19.1. The first-order valence-electron chi connectivity index (χ1n) is 6.27. The van der Waals surface area contributed by atoms with Crippen molar-refractivity contribution in [1.82, 2.24) is 0 Å². The second-order valence-electron chi connectivity index (χ2n) is 4.69. The van der Waals surface area contributed by atoms with Gasteiger partial charge in [-0.15, -0.1) is 0 Å². The largest absolute Gasteiger partial charge is 0.450 e. The average Bonchev–Trinajstić information content (AvgIpc) is 3.05. The van der Waals surface area contributed by atoms with Crippen LogP contribution in [0.3, 0.4) is 0 Å². The summed E-state index contributed by atoms with van der Waals surface area (Å²) in [5.41, 5.74) is 5.62. The zero-order valence-corrected chi connectivity index (χ0v) is 10.3. The molecule has 0 amide bonds. The fourth-order valence-corrected chi connectivity index (χ4v) is 2.38. The molecule has 3 rings (SSSR count). The van der Waals surface area contributed by atoms with E-state index in [-0.39, 0.29) is 23.2 Å². The maximum atomic E-state index is 13.5. The van der Waals surface area contributed by atoms with Crippen molar-refractivity contribution in [2.75, 3.05) is 6.54 Å². The smallest absolute Gasteiger partial charge is 0.226 e. The van der Waals surface area contributed by atoms with Crippen LogP contribution >= 0.6 is 0 Å². The number of hydrogen-bond donors (Lipinski definition) is 1. The highest BCUT2D eigenvalue weighted by molar-refractivity contribution is 6.00. The predicted octanol–water partition coefficient (Wildman–Crippen LogP) is 2.26. The highest BCUT2D eigenvalue weighted by Gasteiger charge is 2.32. The summed E-state index contributed by atoms with van der Waals surface area (Å²) in [6.07, 6.45) is 0.786. The minimum absolute atomic E-state index is 0.0740. The van der Waals surface area contributed by atoms with Crippen LogP contribution in [0.15, 0.2) is 28.7 Å². The average molecular weight is 263 g/mol. The molecule has 2 heterocycles. The predicted molar refractivity (Wildman–Crippen MR) is 67.5 cm³/mol. The van der Waals surface area contributed by atoms with Crippen LogP contribution in [-0.4, -0.2) is 24.5 Å². The molecule has 4 nitrogen and oxygen atoms in total. The van der Waals surface area contributed by atoms with Gasteiger partial charge in [-0.3, -0.25) is 4.79 Å². The topological polar surface area (TPSA) is 65.5 Å². The first-order chi connectivity index (χ1) is 9.19. The van der Waals surface area contributed by atoms with Crippen LogP contribution in [0.4, 0.5) is 4.39 Å². The molecule has 2 atom stereocenters. The Morgan fingerprint density at radius 3 is 2.95 bits per heavy atom. The summed E-state index contributed by atoms with van der Waals surface area (Å²) in [5.74, 6) is -0.571. The molecule has 2 unspecified atom stereocenters. The third-order valence-electron chi connectivity index (χ3n) is 3.40. The number of para-hydroxylation sites is 1. The van der Waals surface area contributed by atoms with E-state index < -0.39 is 11.9 Å². The number of ketones is 1. The number of Topliss-reactive ketones (excluding diaryl/α,β-unsaturated/α-hetero) is 1. The molecule has 0 bridgehead atoms. The van der Waals surface area contributed by atoms with E-state index in [1.54, 1.807) is 18.2 Å². The van der Waals surface area contributed by atoms with E-state index in [0.717, 1.165) is 6.42 Å². The number of rotatable bonds is 3. The number of carbonyl (C=O) groups excluding carboxylic acids is 1. The van der Waals surface area contributed by atoms with Crippen LogP contribution < -0.4 is 5.73 Å². The number of nitrogens with two attached hydrogens (primary N) is 1. The number of carbonyl (C=O) groups is 1. The lowest BCUT2D eigenvalue weighted by Gasteiger charge is -2.09. The Morgan fingerprint density at radius 1 is 1.42 bits per heavy atom. The van der Waals surface area contributed by atoms with Crippen molar-refractivity contribution < 1.29 is 18.3 Å². The van der Waals surface area contributed by atoms with Gasteiger partial charge in [0.05, 0.1) is 6.10 Å². The van der Waals surface area contributed by atoms with Gasteiger partial charge in [0.15, 0.2) is 17.2 Å². The molecule has 1 saturated heterocycles. The lowest BCUT2D eigenvalue weighted by atomic mass is 10.1. The second-order valence-corrected chi connectivity index (χ2v) is 4.69. The SMILES string of the molecule is NCC1CCC(C(=O)c2cc3cccc(F)c3o2)O1. The summed E-state index contributed by atoms with van der Waals surface area (Å²) in [5, 5.41) is 0.580. The summed E-state index contributed by atoms with van der Waals surface area (Å²) in [6.45, 7) is 0.401. The van der Waals surface area contributed by atoms with Crippen molar-refractivity contribution in [1.29, 1.82) is 0 Å². The van der Waals surface area contributed by atoms with Crippen LogP contribution in [0.1, 0.15) is 23.4 Å². The first-order valence-corrected chi connectivity index (χ1v) is 6.27. The minimum Gasteiger partial charge on any atom is -0.450 e. The Bertz CT molecular complexity index is 622. The number of benzene rings is 1. The van der Waals surface area contributed by atoms with Crippen molar-refractivity contribution >= 4 is 16.8 Å². The summed E-state index contributed by atoms with van der Waals surface area (Å²) >= 11 is 0. The first kappa shape index (κ1) is 12.3. The maximum Gasteiger partial charge on any atom is 0.226 e. The molecule has 1 aromatic carbocycles. The van der Waals surface area contributed by atoms with Crippen LogP contribution in [0.25, 0.3) is 11.0 Å². The van der Waals surface area contributed by atoms with Crippen LogP contribution in [0, 0.1) is 5.82 Å². The number of hydrogen-bond acceptors (Lipinski definition) is 4. The number of ether oxygens (including phenoxy) is 1. The fourth-order valence-electron chi connectivity index (χ4n) is 2.38. The molecule has 0 aliphatic carbocycles. The van der Waals surface area contributed by atoms with Gasteiger partial charge >= 0.3 is 0 Å². The molecule has 1 fully saturated rings. The minimum atomic E-state index is -0.530. The van der Waals surface area contributed by atoms with E-state index >= 15 is 0 Å². The van der Waals surface area contributed by atoms with Crippen LogP contribution in [0.5, 0.6) is 0 Å². The Morgan fingerprint density at radius 2 is 2.26 bits per heavy atom. The summed E-state index contributed by atoms with van der Waals surface area (Å²) < 4.78 is 24.3. The Hall–Kier alpha value is -1.72. The molecule has 0 radical (unpaired) electrons. The molecule has 1 aliphatic rings. The molecule has 0 spiro atoms. The van der Waals surface area contributed by atoms with Crippen molar-refractivity contribution in [2.45, 2.75) is 25.0 Å². The van der Waals surface area contributed by atoms with E-state index in [4.69, 9.17) is 14.9 Å². The third kappa shape index (κ3) is 2.15. The summed E-state index contributed by atoms with van der Waals surface area (Å²) in [6, 6.07) is 6.14.